The monoisotopic (exact) mass is 657 g/mol. The van der Waals surface area contributed by atoms with Crippen molar-refractivity contribution in [2.75, 3.05) is 19.8 Å². The van der Waals surface area contributed by atoms with Crippen LogP contribution in [0.3, 0.4) is 0 Å². The summed E-state index contributed by atoms with van der Waals surface area (Å²) in [5.41, 5.74) is 3.95. The molecular weight excluding hydrogens is 622 g/mol. The molecule has 15 heteroatoms. The Labute approximate surface area is 269 Å². The summed E-state index contributed by atoms with van der Waals surface area (Å²) in [6.45, 7) is 2.98. The molecule has 2 aromatic carbocycles. The first kappa shape index (κ1) is 34.8. The summed E-state index contributed by atoms with van der Waals surface area (Å²) in [5.74, 6) is -5.01. The predicted octanol–water partition coefficient (Wildman–Crippen LogP) is 2.08. The van der Waals surface area contributed by atoms with Crippen molar-refractivity contribution in [3.8, 4) is 11.1 Å². The zero-order chi connectivity index (χ0) is 34.2. The molecule has 6 atom stereocenters. The smallest absolute Gasteiger partial charge is 0.407 e. The lowest BCUT2D eigenvalue weighted by Crippen LogP contribution is -2.63. The highest BCUT2D eigenvalue weighted by molar-refractivity contribution is 5.81. The van der Waals surface area contributed by atoms with Crippen LogP contribution in [-0.2, 0) is 57.1 Å². The average molecular weight is 658 g/mol. The Balaban J connectivity index is 1.48. The Bertz CT molecular complexity index is 1460. The number of esters is 4. The molecule has 1 heterocycles. The van der Waals surface area contributed by atoms with Crippen molar-refractivity contribution in [1.29, 1.82) is 0 Å². The highest BCUT2D eigenvalue weighted by atomic mass is 16.7. The number of fused-ring (bicyclic) bond motifs is 3. The van der Waals surface area contributed by atoms with Gasteiger partial charge in [0.2, 0.25) is 0 Å². The van der Waals surface area contributed by atoms with E-state index in [1.54, 1.807) is 0 Å². The number of nitrogens with one attached hydrogen (secondary N) is 1. The van der Waals surface area contributed by atoms with Crippen LogP contribution in [0.4, 0.5) is 4.79 Å². The summed E-state index contributed by atoms with van der Waals surface area (Å²) < 4.78 is 37.9. The Hall–Kier alpha value is -5.02. The van der Waals surface area contributed by atoms with Crippen LogP contribution in [0.25, 0.3) is 11.1 Å². The minimum absolute atomic E-state index is 0.0766. The van der Waals surface area contributed by atoms with Crippen LogP contribution in [0.1, 0.15) is 44.7 Å². The Kier molecular flexibility index (Phi) is 11.5. The quantitative estimate of drug-likeness (QED) is 0.248. The predicted molar refractivity (Wildman–Crippen MR) is 158 cm³/mol. The van der Waals surface area contributed by atoms with Crippen molar-refractivity contribution in [2.24, 2.45) is 0 Å². The maximum absolute atomic E-state index is 12.8. The lowest BCUT2D eigenvalue weighted by molar-refractivity contribution is -0.308. The molecule has 2 N–H and O–H groups in total. The van der Waals surface area contributed by atoms with E-state index in [0.29, 0.717) is 0 Å². The first-order valence-electron chi connectivity index (χ1n) is 14.6. The molecule has 0 radical (unpaired) electrons. The van der Waals surface area contributed by atoms with Gasteiger partial charge in [-0.2, -0.15) is 0 Å². The van der Waals surface area contributed by atoms with E-state index in [2.05, 4.69) is 5.32 Å². The van der Waals surface area contributed by atoms with Crippen LogP contribution in [0.15, 0.2) is 48.5 Å². The summed E-state index contributed by atoms with van der Waals surface area (Å²) in [6, 6.07) is 13.7. The van der Waals surface area contributed by atoms with Gasteiger partial charge in [0.25, 0.3) is 0 Å². The Morgan fingerprint density at radius 1 is 0.723 bits per heavy atom. The molecule has 0 spiro atoms. The van der Waals surface area contributed by atoms with Gasteiger partial charge in [0.1, 0.15) is 19.3 Å². The summed E-state index contributed by atoms with van der Waals surface area (Å²) in [7, 11) is 0. The van der Waals surface area contributed by atoms with Gasteiger partial charge in [0.15, 0.2) is 30.6 Å². The fourth-order valence-corrected chi connectivity index (χ4v) is 5.47. The fraction of sp³-hybridized carbons (Fsp3) is 0.438. The van der Waals surface area contributed by atoms with Crippen molar-refractivity contribution in [3.63, 3.8) is 0 Å². The first-order chi connectivity index (χ1) is 22.3. The summed E-state index contributed by atoms with van der Waals surface area (Å²) >= 11 is 0. The third kappa shape index (κ3) is 8.83. The number of ether oxygens (including phenoxy) is 7. The van der Waals surface area contributed by atoms with Gasteiger partial charge in [0.05, 0.1) is 6.61 Å². The number of benzene rings is 2. The van der Waals surface area contributed by atoms with Crippen molar-refractivity contribution in [2.45, 2.75) is 70.4 Å². The lowest BCUT2D eigenvalue weighted by Gasteiger charge is -2.44. The molecule has 47 heavy (non-hydrogen) atoms. The maximum atomic E-state index is 12.8. The number of carbonyl (C=O) groups excluding carboxylic acids is 5. The summed E-state index contributed by atoms with van der Waals surface area (Å²) in [6.07, 6.45) is -8.49. The Morgan fingerprint density at radius 2 is 1.26 bits per heavy atom. The zero-order valence-electron chi connectivity index (χ0n) is 26.0. The van der Waals surface area contributed by atoms with E-state index in [0.717, 1.165) is 49.9 Å². The van der Waals surface area contributed by atoms with E-state index in [4.69, 9.17) is 33.2 Å². The summed E-state index contributed by atoms with van der Waals surface area (Å²) in [4.78, 5) is 72.4. The molecule has 252 valence electrons. The van der Waals surface area contributed by atoms with Crippen molar-refractivity contribution < 1.29 is 67.0 Å². The number of carboxylic acids is 1. The van der Waals surface area contributed by atoms with Gasteiger partial charge in [-0.25, -0.2) is 9.59 Å². The molecule has 1 amide bonds. The average Bonchev–Trinajstić information content (AvgIpc) is 3.32. The molecule has 0 aromatic heterocycles. The lowest BCUT2D eigenvalue weighted by atomic mass is 9.98. The highest BCUT2D eigenvalue weighted by Gasteiger charge is 2.53. The fourth-order valence-electron chi connectivity index (χ4n) is 5.47. The van der Waals surface area contributed by atoms with E-state index in [1.807, 2.05) is 48.5 Å². The van der Waals surface area contributed by atoms with E-state index in [9.17, 15) is 33.9 Å². The van der Waals surface area contributed by atoms with Gasteiger partial charge in [0, 0.05) is 33.6 Å². The number of aliphatic carboxylic acids is 1. The molecule has 0 saturated carbocycles. The number of hydrogen-bond acceptors (Lipinski definition) is 13. The number of alkyl carbamates (subject to hydrolysis) is 1. The SMILES string of the molecule is CC(=O)OC[C@H]1O[C@@H](OC[C@@H](NC(=O)OCC2c3ccccc3-c3ccccc32)C(=O)O)[C@H](OC(C)=O)[C@@H](OC(C)=O)[C@@H]1OC(C)=O. The van der Waals surface area contributed by atoms with Gasteiger partial charge in [-0.15, -0.1) is 0 Å². The normalized spacial score (nSPS) is 22.1. The third-order valence-corrected chi connectivity index (χ3v) is 7.31. The van der Waals surface area contributed by atoms with E-state index in [1.165, 1.54) is 0 Å². The first-order valence-corrected chi connectivity index (χ1v) is 14.6. The molecule has 0 bridgehead atoms. The van der Waals surface area contributed by atoms with Crippen molar-refractivity contribution in [3.05, 3.63) is 59.7 Å². The minimum Gasteiger partial charge on any atom is -0.480 e. The van der Waals surface area contributed by atoms with Crippen LogP contribution in [-0.4, -0.2) is 97.6 Å². The molecular formula is C32H35NO14. The van der Waals surface area contributed by atoms with Gasteiger partial charge >= 0.3 is 35.9 Å². The molecule has 4 rings (SSSR count). The molecule has 1 fully saturated rings. The van der Waals surface area contributed by atoms with E-state index < -0.39 is 85.9 Å². The van der Waals surface area contributed by atoms with Crippen LogP contribution in [0.5, 0.6) is 0 Å². The number of hydrogen-bond donors (Lipinski definition) is 2. The standard InChI is InChI=1S/C32H35NO14/c1-16(34)41-15-26-27(44-17(2)35)28(45-18(3)36)29(46-19(4)37)31(47-26)42-14-25(30(38)39)33-32(40)43-13-24-22-11-7-5-9-20(22)21-10-6-8-12-23(21)24/h5-12,24-29,31H,13-15H2,1-4H3,(H,33,40)(H,38,39)/t25-,26-,27-,28+,29-,31-/m1/s1. The van der Waals surface area contributed by atoms with Crippen LogP contribution in [0.2, 0.25) is 0 Å². The van der Waals surface area contributed by atoms with Gasteiger partial charge in [-0.1, -0.05) is 48.5 Å². The number of rotatable bonds is 12. The van der Waals surface area contributed by atoms with Gasteiger partial charge < -0.3 is 43.6 Å². The number of amides is 1. The topological polar surface area (TPSA) is 199 Å². The maximum Gasteiger partial charge on any atom is 0.407 e. The third-order valence-electron chi connectivity index (χ3n) is 7.31. The summed E-state index contributed by atoms with van der Waals surface area (Å²) in [5, 5.41) is 12.1. The van der Waals surface area contributed by atoms with Gasteiger partial charge in [-0.3, -0.25) is 19.2 Å². The van der Waals surface area contributed by atoms with Crippen LogP contribution < -0.4 is 5.32 Å². The van der Waals surface area contributed by atoms with E-state index in [-0.39, 0.29) is 12.5 Å². The molecule has 1 aliphatic carbocycles. The largest absolute Gasteiger partial charge is 0.480 e. The number of carbonyl (C=O) groups is 6. The molecule has 1 saturated heterocycles. The molecule has 15 nitrogen and oxygen atoms in total. The molecule has 2 aliphatic rings. The second kappa shape index (κ2) is 15.5. The Morgan fingerprint density at radius 3 is 1.79 bits per heavy atom. The molecule has 0 unspecified atom stereocenters. The zero-order valence-corrected chi connectivity index (χ0v) is 26.0. The second-order valence-corrected chi connectivity index (χ2v) is 10.8. The van der Waals surface area contributed by atoms with E-state index >= 15 is 0 Å². The van der Waals surface area contributed by atoms with Crippen LogP contribution >= 0.6 is 0 Å². The molecule has 1 aliphatic heterocycles. The molecule has 2 aromatic rings. The second-order valence-electron chi connectivity index (χ2n) is 10.8. The van der Waals surface area contributed by atoms with Gasteiger partial charge in [-0.05, 0) is 22.3 Å². The minimum atomic E-state index is -1.68. The van der Waals surface area contributed by atoms with Crippen molar-refractivity contribution in [1.82, 2.24) is 5.32 Å². The van der Waals surface area contributed by atoms with Crippen molar-refractivity contribution >= 4 is 35.9 Å². The van der Waals surface area contributed by atoms with Crippen LogP contribution in [0, 0.1) is 0 Å². The highest BCUT2D eigenvalue weighted by Crippen LogP contribution is 2.44. The number of carboxylic acid groups (broad SMARTS) is 1.